The highest BCUT2D eigenvalue weighted by Gasteiger charge is 2.32. The van der Waals surface area contributed by atoms with Gasteiger partial charge < -0.3 is 9.47 Å². The van der Waals surface area contributed by atoms with Crippen LogP contribution < -0.4 is 10.2 Å². The van der Waals surface area contributed by atoms with E-state index in [2.05, 4.69) is 5.32 Å². The number of nitrogens with one attached hydrogen (secondary N) is 1. The number of amides is 1. The second-order valence-corrected chi connectivity index (χ2v) is 6.41. The topological polar surface area (TPSA) is 67.9 Å². The predicted octanol–water partition coefficient (Wildman–Crippen LogP) is 2.46. The summed E-state index contributed by atoms with van der Waals surface area (Å²) >= 11 is 0. The Morgan fingerprint density at radius 2 is 2.00 bits per heavy atom. The van der Waals surface area contributed by atoms with Crippen LogP contribution in [-0.4, -0.2) is 36.9 Å². The highest BCUT2D eigenvalue weighted by atomic mass is 16.6. The lowest BCUT2D eigenvalue weighted by Crippen LogP contribution is -2.47. The lowest BCUT2D eigenvalue weighted by Gasteiger charge is -2.28. The average molecular weight is 320 g/mol. The predicted molar refractivity (Wildman–Crippen MR) is 87.3 cm³/mol. The number of anilines is 1. The molecule has 6 nitrogen and oxygen atoms in total. The summed E-state index contributed by atoms with van der Waals surface area (Å²) in [5, 5.41) is 3.15. The molecule has 1 amide bonds. The highest BCUT2D eigenvalue weighted by Crippen LogP contribution is 2.25. The van der Waals surface area contributed by atoms with E-state index in [1.807, 2.05) is 45.0 Å². The second kappa shape index (κ2) is 7.00. The zero-order valence-corrected chi connectivity index (χ0v) is 14.1. The van der Waals surface area contributed by atoms with Crippen LogP contribution in [0.15, 0.2) is 24.3 Å². The number of nitrogens with zero attached hydrogens (tertiary/aromatic N) is 1. The second-order valence-electron chi connectivity index (χ2n) is 6.41. The van der Waals surface area contributed by atoms with E-state index >= 15 is 0 Å². The lowest BCUT2D eigenvalue weighted by molar-refractivity contribution is -0.145. The van der Waals surface area contributed by atoms with Crippen LogP contribution in [0.1, 0.15) is 33.3 Å². The van der Waals surface area contributed by atoms with Crippen molar-refractivity contribution in [2.24, 2.45) is 0 Å². The first-order valence-electron chi connectivity index (χ1n) is 7.80. The summed E-state index contributed by atoms with van der Waals surface area (Å²) < 4.78 is 10.6. The van der Waals surface area contributed by atoms with Crippen molar-refractivity contribution in [3.8, 4) is 0 Å². The number of esters is 1. The van der Waals surface area contributed by atoms with E-state index in [4.69, 9.17) is 9.47 Å². The zero-order valence-electron chi connectivity index (χ0n) is 14.1. The molecule has 1 N–H and O–H groups in total. The molecule has 0 saturated heterocycles. The quantitative estimate of drug-likeness (QED) is 0.848. The Balaban J connectivity index is 2.30. The van der Waals surface area contributed by atoms with Gasteiger partial charge in [0.25, 0.3) is 0 Å². The van der Waals surface area contributed by atoms with Gasteiger partial charge >= 0.3 is 12.1 Å². The van der Waals surface area contributed by atoms with Crippen molar-refractivity contribution in [2.45, 2.75) is 45.9 Å². The van der Waals surface area contributed by atoms with Crippen LogP contribution in [-0.2, 0) is 20.8 Å². The largest absolute Gasteiger partial charge is 0.465 e. The minimum atomic E-state index is -0.606. The van der Waals surface area contributed by atoms with Crippen molar-refractivity contribution in [3.63, 3.8) is 0 Å². The summed E-state index contributed by atoms with van der Waals surface area (Å²) in [7, 11) is 0. The van der Waals surface area contributed by atoms with E-state index in [1.54, 1.807) is 6.92 Å². The number of carbonyl (C=O) groups excluding carboxylic acids is 2. The van der Waals surface area contributed by atoms with Crippen LogP contribution >= 0.6 is 0 Å². The van der Waals surface area contributed by atoms with Gasteiger partial charge in [-0.2, -0.15) is 0 Å². The third-order valence-electron chi connectivity index (χ3n) is 3.37. The van der Waals surface area contributed by atoms with Gasteiger partial charge in [-0.25, -0.2) is 4.79 Å². The van der Waals surface area contributed by atoms with Gasteiger partial charge in [-0.15, -0.1) is 0 Å². The molecule has 1 aromatic carbocycles. The van der Waals surface area contributed by atoms with Gasteiger partial charge in [-0.05, 0) is 39.3 Å². The molecule has 0 fully saturated rings. The van der Waals surface area contributed by atoms with E-state index in [9.17, 15) is 9.59 Å². The molecule has 1 heterocycles. The SMILES string of the molecule is CCOC(=O)C1CN(C(=O)OC(C)(C)C)c2ccccc2CN1. The molecule has 0 saturated carbocycles. The van der Waals surface area contributed by atoms with Crippen LogP contribution in [0.5, 0.6) is 0 Å². The van der Waals surface area contributed by atoms with Crippen LogP contribution in [0.3, 0.4) is 0 Å². The summed E-state index contributed by atoms with van der Waals surface area (Å²) in [5.74, 6) is -0.367. The third kappa shape index (κ3) is 4.45. The minimum absolute atomic E-state index is 0.171. The normalized spacial score (nSPS) is 17.9. The summed E-state index contributed by atoms with van der Waals surface area (Å²) in [6, 6.07) is 6.95. The van der Waals surface area contributed by atoms with Crippen molar-refractivity contribution in [1.29, 1.82) is 0 Å². The first kappa shape index (κ1) is 17.3. The number of hydrogen-bond acceptors (Lipinski definition) is 5. The maximum atomic E-state index is 12.6. The van der Waals surface area contributed by atoms with Gasteiger partial charge in [-0.1, -0.05) is 18.2 Å². The Kier molecular flexibility index (Phi) is 5.26. The molecule has 6 heteroatoms. The molecule has 0 aliphatic carbocycles. The molecule has 1 aliphatic rings. The van der Waals surface area contributed by atoms with E-state index in [-0.39, 0.29) is 12.5 Å². The van der Waals surface area contributed by atoms with Crippen LogP contribution in [0.2, 0.25) is 0 Å². The number of ether oxygens (including phenoxy) is 2. The summed E-state index contributed by atoms with van der Waals surface area (Å²) in [5.41, 5.74) is 1.08. The van der Waals surface area contributed by atoms with Crippen LogP contribution in [0.25, 0.3) is 0 Å². The molecule has 0 spiro atoms. The Bertz CT molecular complexity index is 580. The number of fused-ring (bicyclic) bond motifs is 1. The van der Waals surface area contributed by atoms with Crippen LogP contribution in [0.4, 0.5) is 10.5 Å². The molecule has 23 heavy (non-hydrogen) atoms. The fraction of sp³-hybridized carbons (Fsp3) is 0.529. The Labute approximate surface area is 136 Å². The summed E-state index contributed by atoms with van der Waals surface area (Å²) in [6.07, 6.45) is -0.469. The van der Waals surface area contributed by atoms with E-state index in [0.29, 0.717) is 13.2 Å². The van der Waals surface area contributed by atoms with Crippen molar-refractivity contribution in [3.05, 3.63) is 29.8 Å². The molecule has 1 aromatic rings. The van der Waals surface area contributed by atoms with Crippen LogP contribution in [0, 0.1) is 0 Å². The molecule has 126 valence electrons. The Hall–Kier alpha value is -2.08. The lowest BCUT2D eigenvalue weighted by atomic mass is 10.1. The van der Waals surface area contributed by atoms with Crippen molar-refractivity contribution in [2.75, 3.05) is 18.1 Å². The molecule has 2 rings (SSSR count). The van der Waals surface area contributed by atoms with Gasteiger partial charge in [0, 0.05) is 6.54 Å². The van der Waals surface area contributed by atoms with Crippen molar-refractivity contribution in [1.82, 2.24) is 5.32 Å². The highest BCUT2D eigenvalue weighted by molar-refractivity contribution is 5.91. The number of para-hydroxylation sites is 1. The number of carbonyl (C=O) groups is 2. The zero-order chi connectivity index (χ0) is 17.0. The molecule has 0 radical (unpaired) electrons. The molecule has 1 unspecified atom stereocenters. The number of rotatable bonds is 2. The molecule has 1 atom stereocenters. The maximum absolute atomic E-state index is 12.6. The average Bonchev–Trinajstić information content (AvgIpc) is 2.65. The molecule has 0 bridgehead atoms. The first-order chi connectivity index (χ1) is 10.8. The minimum Gasteiger partial charge on any atom is -0.465 e. The summed E-state index contributed by atoms with van der Waals surface area (Å²) in [6.45, 7) is 8.16. The van der Waals surface area contributed by atoms with Gasteiger partial charge in [0.15, 0.2) is 0 Å². The Morgan fingerprint density at radius 1 is 1.30 bits per heavy atom. The number of hydrogen-bond donors (Lipinski definition) is 1. The smallest absolute Gasteiger partial charge is 0.414 e. The number of benzene rings is 1. The van der Waals surface area contributed by atoms with Gasteiger partial charge in [0.05, 0.1) is 18.8 Å². The summed E-state index contributed by atoms with van der Waals surface area (Å²) in [4.78, 5) is 26.2. The molecular formula is C17H24N2O4. The monoisotopic (exact) mass is 320 g/mol. The Morgan fingerprint density at radius 3 is 2.65 bits per heavy atom. The van der Waals surface area contributed by atoms with Gasteiger partial charge in [0.1, 0.15) is 11.6 Å². The molecule has 1 aliphatic heterocycles. The van der Waals surface area contributed by atoms with Gasteiger partial charge in [0.2, 0.25) is 0 Å². The fourth-order valence-electron chi connectivity index (χ4n) is 2.39. The van der Waals surface area contributed by atoms with E-state index < -0.39 is 17.7 Å². The van der Waals surface area contributed by atoms with Crippen molar-refractivity contribution < 1.29 is 19.1 Å². The van der Waals surface area contributed by atoms with Gasteiger partial charge in [-0.3, -0.25) is 15.0 Å². The molecular weight excluding hydrogens is 296 g/mol. The van der Waals surface area contributed by atoms with E-state index in [0.717, 1.165) is 11.3 Å². The maximum Gasteiger partial charge on any atom is 0.414 e. The first-order valence-corrected chi connectivity index (χ1v) is 7.80. The standard InChI is InChI=1S/C17H24N2O4/c1-5-22-15(20)13-11-19(16(21)23-17(2,3)4)14-9-7-6-8-12(14)10-18-13/h6-9,13,18H,5,10-11H2,1-4H3. The van der Waals surface area contributed by atoms with E-state index in [1.165, 1.54) is 4.90 Å². The fourth-order valence-corrected chi connectivity index (χ4v) is 2.39. The molecule has 0 aromatic heterocycles. The van der Waals surface area contributed by atoms with Crippen molar-refractivity contribution >= 4 is 17.7 Å². The third-order valence-corrected chi connectivity index (χ3v) is 3.37.